The maximum absolute atomic E-state index is 13.6. The molecule has 0 aliphatic carbocycles. The SMILES string of the molecule is COCCN(C(=O)c1oc2c(Cl)cccc2c1C)c1c(N)n(Cc2ccccc2)c(=O)[nH]c1=O. The van der Waals surface area contributed by atoms with E-state index >= 15 is 0 Å². The summed E-state index contributed by atoms with van der Waals surface area (Å²) < 4.78 is 12.2. The lowest BCUT2D eigenvalue weighted by atomic mass is 10.1. The highest BCUT2D eigenvalue weighted by Crippen LogP contribution is 2.32. The van der Waals surface area contributed by atoms with Gasteiger partial charge in [0.25, 0.3) is 11.5 Å². The Hall–Kier alpha value is -3.82. The Morgan fingerprint density at radius 2 is 1.91 bits per heavy atom. The van der Waals surface area contributed by atoms with E-state index < -0.39 is 17.2 Å². The van der Waals surface area contributed by atoms with Crippen molar-refractivity contribution in [1.29, 1.82) is 0 Å². The van der Waals surface area contributed by atoms with E-state index in [9.17, 15) is 14.4 Å². The Bertz CT molecular complexity index is 1470. The van der Waals surface area contributed by atoms with Crippen LogP contribution in [0.4, 0.5) is 11.5 Å². The Morgan fingerprint density at radius 1 is 1.18 bits per heavy atom. The van der Waals surface area contributed by atoms with Crippen LogP contribution < -0.4 is 21.9 Å². The van der Waals surface area contributed by atoms with Crippen LogP contribution in [0.5, 0.6) is 0 Å². The molecule has 176 valence electrons. The number of aromatic nitrogens is 2. The number of carbonyl (C=O) groups is 1. The molecule has 0 bridgehead atoms. The fraction of sp³-hybridized carbons (Fsp3) is 0.208. The number of anilines is 2. The average molecular weight is 483 g/mol. The smallest absolute Gasteiger partial charge is 0.330 e. The molecule has 0 saturated carbocycles. The van der Waals surface area contributed by atoms with Gasteiger partial charge in [0.05, 0.1) is 24.7 Å². The summed E-state index contributed by atoms with van der Waals surface area (Å²) in [5, 5.41) is 1.04. The second-order valence-corrected chi connectivity index (χ2v) is 8.09. The Balaban J connectivity index is 1.85. The highest BCUT2D eigenvalue weighted by Gasteiger charge is 2.29. The molecule has 0 aliphatic rings. The summed E-state index contributed by atoms with van der Waals surface area (Å²) in [6.07, 6.45) is 0. The zero-order valence-corrected chi connectivity index (χ0v) is 19.4. The number of hydrogen-bond acceptors (Lipinski definition) is 6. The number of aryl methyl sites for hydroxylation is 1. The van der Waals surface area contributed by atoms with Gasteiger partial charge in [-0.1, -0.05) is 54.1 Å². The summed E-state index contributed by atoms with van der Waals surface area (Å²) in [5.74, 6) is -0.739. The number of aromatic amines is 1. The molecule has 0 atom stereocenters. The van der Waals surface area contributed by atoms with Gasteiger partial charge in [0.1, 0.15) is 5.82 Å². The highest BCUT2D eigenvalue weighted by molar-refractivity contribution is 6.35. The molecular weight excluding hydrogens is 460 g/mol. The molecule has 9 nitrogen and oxygen atoms in total. The summed E-state index contributed by atoms with van der Waals surface area (Å²) in [7, 11) is 1.47. The predicted octanol–water partition coefficient (Wildman–Crippen LogP) is 3.17. The van der Waals surface area contributed by atoms with Crippen LogP contribution >= 0.6 is 11.6 Å². The molecule has 10 heteroatoms. The number of ether oxygens (including phenoxy) is 1. The second-order valence-electron chi connectivity index (χ2n) is 7.69. The van der Waals surface area contributed by atoms with Gasteiger partial charge in [-0.25, -0.2) is 4.79 Å². The standard InChI is InChI=1S/C24H23ClN4O5/c1-14-16-9-6-10-17(25)20(16)34-19(14)23(31)28(11-12-33-2)18-21(26)29(24(32)27-22(18)30)13-15-7-4-3-5-8-15/h3-10H,11-13,26H2,1-2H3,(H,27,30,32). The third-order valence-corrected chi connectivity index (χ3v) is 5.84. The molecule has 0 radical (unpaired) electrons. The van der Waals surface area contributed by atoms with Crippen molar-refractivity contribution in [2.24, 2.45) is 0 Å². The third-order valence-electron chi connectivity index (χ3n) is 5.54. The molecule has 0 fully saturated rings. The molecule has 2 heterocycles. The van der Waals surface area contributed by atoms with Crippen LogP contribution in [-0.2, 0) is 11.3 Å². The number of nitrogens with zero attached hydrogens (tertiary/aromatic N) is 2. The lowest BCUT2D eigenvalue weighted by Gasteiger charge is -2.23. The monoisotopic (exact) mass is 482 g/mol. The van der Waals surface area contributed by atoms with Crippen molar-refractivity contribution in [3.8, 4) is 0 Å². The van der Waals surface area contributed by atoms with Crippen LogP contribution in [0, 0.1) is 6.92 Å². The molecule has 2 aromatic carbocycles. The van der Waals surface area contributed by atoms with E-state index in [0.717, 1.165) is 10.5 Å². The van der Waals surface area contributed by atoms with Crippen LogP contribution in [0.2, 0.25) is 5.02 Å². The van der Waals surface area contributed by atoms with Gasteiger partial charge in [0, 0.05) is 18.1 Å². The molecule has 34 heavy (non-hydrogen) atoms. The summed E-state index contributed by atoms with van der Waals surface area (Å²) in [5.41, 5.74) is 6.42. The number of fused-ring (bicyclic) bond motifs is 1. The first kappa shape index (κ1) is 23.3. The molecule has 4 rings (SSSR count). The molecule has 0 saturated heterocycles. The van der Waals surface area contributed by atoms with Gasteiger partial charge in [-0.15, -0.1) is 0 Å². The van der Waals surface area contributed by atoms with Gasteiger partial charge in [-0.3, -0.25) is 24.0 Å². The minimum atomic E-state index is -0.789. The lowest BCUT2D eigenvalue weighted by Crippen LogP contribution is -2.42. The van der Waals surface area contributed by atoms with E-state index in [-0.39, 0.29) is 37.0 Å². The van der Waals surface area contributed by atoms with Gasteiger partial charge >= 0.3 is 5.69 Å². The van der Waals surface area contributed by atoms with Crippen LogP contribution in [0.1, 0.15) is 21.7 Å². The first-order valence-electron chi connectivity index (χ1n) is 10.5. The molecular formula is C24H23ClN4O5. The predicted molar refractivity (Wildman–Crippen MR) is 131 cm³/mol. The zero-order valence-electron chi connectivity index (χ0n) is 18.6. The number of H-pyrrole nitrogens is 1. The van der Waals surface area contributed by atoms with Crippen molar-refractivity contribution in [3.05, 3.63) is 91.3 Å². The second kappa shape index (κ2) is 9.58. The van der Waals surface area contributed by atoms with Crippen molar-refractivity contribution in [1.82, 2.24) is 9.55 Å². The van der Waals surface area contributed by atoms with Gasteiger partial charge < -0.3 is 14.9 Å². The van der Waals surface area contributed by atoms with E-state index in [4.69, 9.17) is 26.5 Å². The van der Waals surface area contributed by atoms with Crippen LogP contribution in [0.15, 0.2) is 62.5 Å². The fourth-order valence-electron chi connectivity index (χ4n) is 3.79. The fourth-order valence-corrected chi connectivity index (χ4v) is 4.01. The summed E-state index contributed by atoms with van der Waals surface area (Å²) >= 11 is 6.24. The zero-order chi connectivity index (χ0) is 24.4. The van der Waals surface area contributed by atoms with Crippen molar-refractivity contribution in [2.75, 3.05) is 30.9 Å². The number of methoxy groups -OCH3 is 1. The molecule has 0 spiro atoms. The maximum atomic E-state index is 13.6. The maximum Gasteiger partial charge on any atom is 0.330 e. The Labute approximate surface area is 199 Å². The van der Waals surface area contributed by atoms with Gasteiger partial charge in [-0.05, 0) is 18.6 Å². The number of benzene rings is 2. The number of nitrogens with two attached hydrogens (primary N) is 1. The van der Waals surface area contributed by atoms with Crippen LogP contribution in [-0.4, -0.2) is 35.7 Å². The Kier molecular flexibility index (Phi) is 6.58. The summed E-state index contributed by atoms with van der Waals surface area (Å²) in [6.45, 7) is 1.95. The van der Waals surface area contributed by atoms with Gasteiger partial charge in [0.2, 0.25) is 0 Å². The number of para-hydroxylation sites is 1. The van der Waals surface area contributed by atoms with Crippen LogP contribution in [0.25, 0.3) is 11.0 Å². The van der Waals surface area contributed by atoms with Crippen molar-refractivity contribution in [3.63, 3.8) is 0 Å². The number of halogens is 1. The number of nitrogen functional groups attached to an aromatic ring is 1. The van der Waals surface area contributed by atoms with Crippen molar-refractivity contribution < 1.29 is 13.9 Å². The number of rotatable bonds is 7. The number of hydrogen-bond donors (Lipinski definition) is 2. The number of furan rings is 1. The Morgan fingerprint density at radius 3 is 2.59 bits per heavy atom. The molecule has 0 unspecified atom stereocenters. The number of nitrogens with one attached hydrogen (secondary N) is 1. The largest absolute Gasteiger partial charge is 0.449 e. The highest BCUT2D eigenvalue weighted by atomic mass is 35.5. The van der Waals surface area contributed by atoms with E-state index in [2.05, 4.69) is 4.98 Å². The number of amides is 1. The normalized spacial score (nSPS) is 11.1. The van der Waals surface area contributed by atoms with E-state index in [1.54, 1.807) is 25.1 Å². The minimum absolute atomic E-state index is 0.00360. The third kappa shape index (κ3) is 4.23. The summed E-state index contributed by atoms with van der Waals surface area (Å²) in [4.78, 5) is 42.5. The average Bonchev–Trinajstić information content (AvgIpc) is 3.17. The molecule has 0 aliphatic heterocycles. The van der Waals surface area contributed by atoms with Crippen molar-refractivity contribution >= 4 is 40.0 Å². The molecule has 2 aromatic heterocycles. The summed E-state index contributed by atoms with van der Waals surface area (Å²) in [6, 6.07) is 14.4. The van der Waals surface area contributed by atoms with E-state index in [0.29, 0.717) is 21.6 Å². The first-order valence-corrected chi connectivity index (χ1v) is 10.9. The van der Waals surface area contributed by atoms with E-state index in [1.165, 1.54) is 11.7 Å². The van der Waals surface area contributed by atoms with Gasteiger partial charge in [-0.2, -0.15) is 0 Å². The van der Waals surface area contributed by atoms with Crippen molar-refractivity contribution in [2.45, 2.75) is 13.5 Å². The minimum Gasteiger partial charge on any atom is -0.449 e. The molecule has 3 N–H and O–H groups in total. The van der Waals surface area contributed by atoms with Gasteiger partial charge in [0.15, 0.2) is 17.0 Å². The van der Waals surface area contributed by atoms with Crippen LogP contribution in [0.3, 0.4) is 0 Å². The molecule has 4 aromatic rings. The van der Waals surface area contributed by atoms with E-state index in [1.807, 2.05) is 30.3 Å². The lowest BCUT2D eigenvalue weighted by molar-refractivity contribution is 0.0950. The first-order chi connectivity index (χ1) is 16.3. The quantitative estimate of drug-likeness (QED) is 0.417. The number of carbonyl (C=O) groups excluding carboxylic acids is 1. The molecule has 1 amide bonds. The topological polar surface area (TPSA) is 124 Å².